The molecule has 24 heavy (non-hydrogen) atoms. The summed E-state index contributed by atoms with van der Waals surface area (Å²) in [6.45, 7) is 6.67. The molecule has 0 radical (unpaired) electrons. The van der Waals surface area contributed by atoms with E-state index in [1.807, 2.05) is 51.1 Å². The van der Waals surface area contributed by atoms with E-state index in [2.05, 4.69) is 29.2 Å². The lowest BCUT2D eigenvalue weighted by atomic mass is 9.93. The predicted octanol–water partition coefficient (Wildman–Crippen LogP) is 4.40. The number of rotatable bonds is 5. The second-order valence-corrected chi connectivity index (χ2v) is 7.04. The number of aryl methyl sites for hydroxylation is 1. The Balaban J connectivity index is 1.91. The third kappa shape index (κ3) is 4.12. The smallest absolute Gasteiger partial charge is 0.120 e. The zero-order valence-electron chi connectivity index (χ0n) is 14.5. The maximum atomic E-state index is 6.23. The molecule has 2 aromatic carbocycles. The fourth-order valence-electron chi connectivity index (χ4n) is 2.89. The predicted molar refractivity (Wildman–Crippen MR) is 99.2 cm³/mol. The second-order valence-electron chi connectivity index (χ2n) is 7.04. The Bertz CT molecular complexity index is 836. The lowest BCUT2D eigenvalue weighted by Crippen LogP contribution is -2.34. The van der Waals surface area contributed by atoms with Crippen molar-refractivity contribution in [3.05, 3.63) is 71.4 Å². The minimum atomic E-state index is -0.262. The molecule has 2 N–H and O–H groups in total. The van der Waals surface area contributed by atoms with Crippen LogP contribution in [0.5, 0.6) is 5.75 Å². The Morgan fingerprint density at radius 3 is 2.50 bits per heavy atom. The summed E-state index contributed by atoms with van der Waals surface area (Å²) in [6, 6.07) is 18.4. The molecule has 3 rings (SSSR count). The second kappa shape index (κ2) is 6.62. The normalized spacial score (nSPS) is 11.7. The molecule has 0 aliphatic heterocycles. The fourth-order valence-corrected chi connectivity index (χ4v) is 2.89. The zero-order valence-corrected chi connectivity index (χ0v) is 14.5. The van der Waals surface area contributed by atoms with Crippen molar-refractivity contribution in [2.24, 2.45) is 5.73 Å². The van der Waals surface area contributed by atoms with Gasteiger partial charge in [-0.15, -0.1) is 0 Å². The van der Waals surface area contributed by atoms with E-state index in [1.54, 1.807) is 0 Å². The van der Waals surface area contributed by atoms with Gasteiger partial charge < -0.3 is 10.5 Å². The Morgan fingerprint density at radius 2 is 1.79 bits per heavy atom. The Hall–Kier alpha value is -2.39. The van der Waals surface area contributed by atoms with Crippen molar-refractivity contribution in [3.63, 3.8) is 0 Å². The average Bonchev–Trinajstić information content (AvgIpc) is 2.52. The molecular formula is C21H24N2O. The van der Waals surface area contributed by atoms with Crippen molar-refractivity contribution >= 4 is 10.9 Å². The molecule has 3 aromatic rings. The minimum Gasteiger partial charge on any atom is -0.489 e. The van der Waals surface area contributed by atoms with Crippen molar-refractivity contribution < 1.29 is 4.74 Å². The largest absolute Gasteiger partial charge is 0.489 e. The van der Waals surface area contributed by atoms with Crippen LogP contribution >= 0.6 is 0 Å². The molecule has 0 aliphatic rings. The summed E-state index contributed by atoms with van der Waals surface area (Å²) < 4.78 is 5.96. The average molecular weight is 320 g/mol. The summed E-state index contributed by atoms with van der Waals surface area (Å²) in [6.07, 6.45) is 0.801. The highest BCUT2D eigenvalue weighted by atomic mass is 16.5. The van der Waals surface area contributed by atoms with E-state index in [1.165, 1.54) is 5.56 Å². The van der Waals surface area contributed by atoms with Crippen molar-refractivity contribution in [3.8, 4) is 5.75 Å². The number of ether oxygens (including phenoxy) is 1. The maximum absolute atomic E-state index is 6.23. The highest BCUT2D eigenvalue weighted by Crippen LogP contribution is 2.26. The van der Waals surface area contributed by atoms with Gasteiger partial charge in [-0.1, -0.05) is 30.3 Å². The van der Waals surface area contributed by atoms with Gasteiger partial charge in [0, 0.05) is 16.6 Å². The monoisotopic (exact) mass is 320 g/mol. The Labute approximate surface area is 143 Å². The van der Waals surface area contributed by atoms with E-state index in [0.717, 1.165) is 34.3 Å². The first-order chi connectivity index (χ1) is 11.4. The van der Waals surface area contributed by atoms with E-state index in [-0.39, 0.29) is 5.54 Å². The molecule has 0 saturated heterocycles. The molecule has 124 valence electrons. The number of aromatic nitrogens is 1. The van der Waals surface area contributed by atoms with Crippen LogP contribution in [0.25, 0.3) is 10.9 Å². The van der Waals surface area contributed by atoms with E-state index >= 15 is 0 Å². The van der Waals surface area contributed by atoms with E-state index in [9.17, 15) is 0 Å². The van der Waals surface area contributed by atoms with E-state index in [0.29, 0.717) is 6.61 Å². The SMILES string of the molecule is Cc1cc(CC(C)(C)N)c2cc(OCc3ccccc3)ccc2n1. The summed E-state index contributed by atoms with van der Waals surface area (Å²) in [5.41, 5.74) is 10.3. The third-order valence-corrected chi connectivity index (χ3v) is 3.89. The molecule has 0 saturated carbocycles. The van der Waals surface area contributed by atoms with Crippen LogP contribution in [0.2, 0.25) is 0 Å². The standard InChI is InChI=1S/C21H24N2O/c1-15-11-17(13-21(2,3)22)19-12-18(9-10-20(19)23-15)24-14-16-7-5-4-6-8-16/h4-12H,13-14,22H2,1-3H3. The number of hydrogen-bond donors (Lipinski definition) is 1. The Kier molecular flexibility index (Phi) is 4.54. The number of fused-ring (bicyclic) bond motifs is 1. The molecule has 1 heterocycles. The Morgan fingerprint density at radius 1 is 1.04 bits per heavy atom. The van der Waals surface area contributed by atoms with Crippen LogP contribution in [0, 0.1) is 6.92 Å². The van der Waals surface area contributed by atoms with Crippen LogP contribution in [0.15, 0.2) is 54.6 Å². The summed E-state index contributed by atoms with van der Waals surface area (Å²) in [7, 11) is 0. The lowest BCUT2D eigenvalue weighted by Gasteiger charge is -2.20. The quantitative estimate of drug-likeness (QED) is 0.758. The topological polar surface area (TPSA) is 48.1 Å². The van der Waals surface area contributed by atoms with Crippen molar-refractivity contribution in [2.45, 2.75) is 39.3 Å². The maximum Gasteiger partial charge on any atom is 0.120 e. The van der Waals surface area contributed by atoms with E-state index in [4.69, 9.17) is 10.5 Å². The number of hydrogen-bond acceptors (Lipinski definition) is 3. The first-order valence-electron chi connectivity index (χ1n) is 8.27. The number of nitrogens with two attached hydrogens (primary N) is 1. The van der Waals surface area contributed by atoms with Gasteiger partial charge in [0.2, 0.25) is 0 Å². The molecular weight excluding hydrogens is 296 g/mol. The first kappa shape index (κ1) is 16.5. The minimum absolute atomic E-state index is 0.262. The van der Waals surface area contributed by atoms with Gasteiger partial charge in [0.1, 0.15) is 12.4 Å². The lowest BCUT2D eigenvalue weighted by molar-refractivity contribution is 0.306. The highest BCUT2D eigenvalue weighted by Gasteiger charge is 2.15. The molecule has 0 spiro atoms. The fraction of sp³-hybridized carbons (Fsp3) is 0.286. The molecule has 1 aromatic heterocycles. The van der Waals surface area contributed by atoms with Gasteiger partial charge in [-0.3, -0.25) is 4.98 Å². The highest BCUT2D eigenvalue weighted by molar-refractivity contribution is 5.84. The first-order valence-corrected chi connectivity index (χ1v) is 8.27. The summed E-state index contributed by atoms with van der Waals surface area (Å²) in [5, 5.41) is 1.12. The van der Waals surface area contributed by atoms with Crippen LogP contribution in [0.4, 0.5) is 0 Å². The molecule has 0 atom stereocenters. The van der Waals surface area contributed by atoms with Gasteiger partial charge >= 0.3 is 0 Å². The van der Waals surface area contributed by atoms with Gasteiger partial charge in [-0.25, -0.2) is 0 Å². The summed E-state index contributed by atoms with van der Waals surface area (Å²) >= 11 is 0. The molecule has 0 aliphatic carbocycles. The number of pyridine rings is 1. The van der Waals surface area contributed by atoms with Gasteiger partial charge in [0.25, 0.3) is 0 Å². The molecule has 0 amide bonds. The van der Waals surface area contributed by atoms with Crippen molar-refractivity contribution in [1.29, 1.82) is 0 Å². The van der Waals surface area contributed by atoms with Gasteiger partial charge in [-0.2, -0.15) is 0 Å². The van der Waals surface area contributed by atoms with Crippen LogP contribution in [0.3, 0.4) is 0 Å². The van der Waals surface area contributed by atoms with Crippen molar-refractivity contribution in [2.75, 3.05) is 0 Å². The van der Waals surface area contributed by atoms with Gasteiger partial charge in [-0.05, 0) is 62.6 Å². The molecule has 0 fully saturated rings. The number of benzene rings is 2. The van der Waals surface area contributed by atoms with E-state index < -0.39 is 0 Å². The molecule has 0 unspecified atom stereocenters. The molecule has 3 nitrogen and oxygen atoms in total. The third-order valence-electron chi connectivity index (χ3n) is 3.89. The van der Waals surface area contributed by atoms with Crippen LogP contribution in [-0.2, 0) is 13.0 Å². The van der Waals surface area contributed by atoms with Crippen molar-refractivity contribution in [1.82, 2.24) is 4.98 Å². The van der Waals surface area contributed by atoms with Gasteiger partial charge in [0.05, 0.1) is 5.52 Å². The van der Waals surface area contributed by atoms with Crippen LogP contribution in [-0.4, -0.2) is 10.5 Å². The number of nitrogens with zero attached hydrogens (tertiary/aromatic N) is 1. The van der Waals surface area contributed by atoms with Crippen LogP contribution < -0.4 is 10.5 Å². The van der Waals surface area contributed by atoms with Gasteiger partial charge in [0.15, 0.2) is 0 Å². The molecule has 0 bridgehead atoms. The molecule has 3 heteroatoms. The van der Waals surface area contributed by atoms with Crippen LogP contribution in [0.1, 0.15) is 30.7 Å². The summed E-state index contributed by atoms with van der Waals surface area (Å²) in [4.78, 5) is 4.63. The zero-order chi connectivity index (χ0) is 17.2. The summed E-state index contributed by atoms with van der Waals surface area (Å²) in [5.74, 6) is 0.855.